The third-order valence-corrected chi connectivity index (χ3v) is 3.95. The van der Waals surface area contributed by atoms with Gasteiger partial charge in [-0.2, -0.15) is 0 Å². The van der Waals surface area contributed by atoms with E-state index in [0.717, 1.165) is 11.8 Å². The summed E-state index contributed by atoms with van der Waals surface area (Å²) in [6.45, 7) is 1.07. The molecule has 1 aromatic carbocycles. The largest absolute Gasteiger partial charge is 0.385 e. The number of carbonyl (C=O) groups excluding carboxylic acids is 2. The Morgan fingerprint density at radius 2 is 1.89 bits per heavy atom. The molecule has 3 rings (SSSR count). The highest BCUT2D eigenvalue weighted by Crippen LogP contribution is 2.21. The van der Waals surface area contributed by atoms with Crippen LogP contribution in [-0.2, 0) is 4.74 Å². The highest BCUT2D eigenvalue weighted by Gasteiger charge is 2.13. The SMILES string of the molecule is COCCCNC(=O)c1ccnc(C(=O)Nc2cccc3cccnc23)c1. The predicted octanol–water partition coefficient (Wildman–Crippen LogP) is 2.65. The van der Waals surface area contributed by atoms with Crippen LogP contribution in [0, 0.1) is 0 Å². The van der Waals surface area contributed by atoms with E-state index in [1.165, 1.54) is 12.3 Å². The van der Waals surface area contributed by atoms with Crippen molar-refractivity contribution in [2.45, 2.75) is 6.42 Å². The summed E-state index contributed by atoms with van der Waals surface area (Å²) in [5.41, 5.74) is 1.82. The first-order valence-corrected chi connectivity index (χ1v) is 8.57. The van der Waals surface area contributed by atoms with Gasteiger partial charge in [0.15, 0.2) is 0 Å². The van der Waals surface area contributed by atoms with Gasteiger partial charge in [-0.3, -0.25) is 19.6 Å². The molecule has 0 atom stereocenters. The van der Waals surface area contributed by atoms with Crippen molar-refractivity contribution >= 4 is 28.4 Å². The molecule has 7 heteroatoms. The number of rotatable bonds is 7. The lowest BCUT2D eigenvalue weighted by Crippen LogP contribution is -2.25. The molecule has 0 aliphatic heterocycles. The molecule has 7 nitrogen and oxygen atoms in total. The Labute approximate surface area is 156 Å². The van der Waals surface area contributed by atoms with E-state index >= 15 is 0 Å². The summed E-state index contributed by atoms with van der Waals surface area (Å²) in [4.78, 5) is 33.2. The van der Waals surface area contributed by atoms with Crippen LogP contribution >= 0.6 is 0 Å². The second kappa shape index (κ2) is 8.86. The number of para-hydroxylation sites is 1. The number of amides is 2. The fourth-order valence-corrected chi connectivity index (χ4v) is 2.61. The zero-order valence-corrected chi connectivity index (χ0v) is 14.9. The molecule has 138 valence electrons. The van der Waals surface area contributed by atoms with Crippen molar-refractivity contribution < 1.29 is 14.3 Å². The van der Waals surface area contributed by atoms with E-state index in [1.54, 1.807) is 25.4 Å². The van der Waals surface area contributed by atoms with Crippen LogP contribution in [0.2, 0.25) is 0 Å². The summed E-state index contributed by atoms with van der Waals surface area (Å²) in [5.74, 6) is -0.656. The maximum Gasteiger partial charge on any atom is 0.274 e. The van der Waals surface area contributed by atoms with E-state index in [-0.39, 0.29) is 11.6 Å². The zero-order chi connectivity index (χ0) is 19.1. The molecule has 2 aromatic heterocycles. The monoisotopic (exact) mass is 364 g/mol. The van der Waals surface area contributed by atoms with Crippen molar-refractivity contribution in [2.75, 3.05) is 25.6 Å². The second-order valence-corrected chi connectivity index (χ2v) is 5.87. The topological polar surface area (TPSA) is 93.2 Å². The Bertz CT molecular complexity index is 953. The lowest BCUT2D eigenvalue weighted by molar-refractivity contribution is 0.0948. The van der Waals surface area contributed by atoms with E-state index in [4.69, 9.17) is 4.74 Å². The fraction of sp³-hybridized carbons (Fsp3) is 0.200. The van der Waals surface area contributed by atoms with Crippen molar-refractivity contribution in [1.29, 1.82) is 0 Å². The highest BCUT2D eigenvalue weighted by molar-refractivity contribution is 6.08. The maximum atomic E-state index is 12.6. The fourth-order valence-electron chi connectivity index (χ4n) is 2.61. The Morgan fingerprint density at radius 1 is 1.04 bits per heavy atom. The number of nitrogens with zero attached hydrogens (tertiary/aromatic N) is 2. The van der Waals surface area contributed by atoms with Crippen LogP contribution in [0.4, 0.5) is 5.69 Å². The summed E-state index contributed by atoms with van der Waals surface area (Å²) in [6, 6.07) is 12.3. The molecule has 0 fully saturated rings. The molecule has 2 heterocycles. The maximum absolute atomic E-state index is 12.6. The average molecular weight is 364 g/mol. The van der Waals surface area contributed by atoms with Crippen molar-refractivity contribution in [2.24, 2.45) is 0 Å². The van der Waals surface area contributed by atoms with Gasteiger partial charge in [0, 0.05) is 43.6 Å². The molecule has 27 heavy (non-hydrogen) atoms. The standard InChI is InChI=1S/C20H20N4O3/c1-27-12-4-10-23-19(25)15-8-11-21-17(13-15)20(26)24-16-7-2-5-14-6-3-9-22-18(14)16/h2-3,5-9,11,13H,4,10,12H2,1H3,(H,23,25)(H,24,26). The molecule has 0 saturated heterocycles. The van der Waals surface area contributed by atoms with Crippen LogP contribution < -0.4 is 10.6 Å². The number of pyridine rings is 2. The number of anilines is 1. The number of methoxy groups -OCH3 is 1. The van der Waals surface area contributed by atoms with Gasteiger partial charge in [-0.1, -0.05) is 18.2 Å². The third kappa shape index (κ3) is 4.65. The first-order valence-electron chi connectivity index (χ1n) is 8.57. The van der Waals surface area contributed by atoms with Gasteiger partial charge in [0.25, 0.3) is 11.8 Å². The van der Waals surface area contributed by atoms with E-state index < -0.39 is 5.91 Å². The average Bonchev–Trinajstić information content (AvgIpc) is 2.71. The number of hydrogen-bond donors (Lipinski definition) is 2. The number of nitrogens with one attached hydrogen (secondary N) is 2. The first-order chi connectivity index (χ1) is 13.2. The van der Waals surface area contributed by atoms with Gasteiger partial charge in [-0.05, 0) is 30.7 Å². The van der Waals surface area contributed by atoms with Gasteiger partial charge in [0.2, 0.25) is 0 Å². The Morgan fingerprint density at radius 3 is 2.74 bits per heavy atom. The first kappa shape index (κ1) is 18.5. The van der Waals surface area contributed by atoms with E-state index in [2.05, 4.69) is 20.6 Å². The van der Waals surface area contributed by atoms with Crippen LogP contribution in [0.3, 0.4) is 0 Å². The number of hydrogen-bond acceptors (Lipinski definition) is 5. The summed E-state index contributed by atoms with van der Waals surface area (Å²) < 4.78 is 4.95. The minimum atomic E-state index is -0.401. The van der Waals surface area contributed by atoms with Gasteiger partial charge in [-0.15, -0.1) is 0 Å². The lowest BCUT2D eigenvalue weighted by Gasteiger charge is -2.09. The minimum Gasteiger partial charge on any atom is -0.385 e. The quantitative estimate of drug-likeness (QED) is 0.629. The smallest absolute Gasteiger partial charge is 0.274 e. The molecule has 2 amide bonds. The van der Waals surface area contributed by atoms with Crippen LogP contribution in [-0.4, -0.2) is 42.0 Å². The number of carbonyl (C=O) groups is 2. The number of benzene rings is 1. The second-order valence-electron chi connectivity index (χ2n) is 5.87. The van der Waals surface area contributed by atoms with Crippen molar-refractivity contribution in [3.63, 3.8) is 0 Å². The molecule has 0 spiro atoms. The van der Waals surface area contributed by atoms with Gasteiger partial charge < -0.3 is 15.4 Å². The highest BCUT2D eigenvalue weighted by atomic mass is 16.5. The summed E-state index contributed by atoms with van der Waals surface area (Å²) in [7, 11) is 1.61. The van der Waals surface area contributed by atoms with Crippen molar-refractivity contribution in [3.8, 4) is 0 Å². The van der Waals surface area contributed by atoms with Crippen molar-refractivity contribution in [3.05, 3.63) is 66.1 Å². The van der Waals surface area contributed by atoms with Gasteiger partial charge in [-0.25, -0.2) is 0 Å². The Hall–Kier alpha value is -3.32. The van der Waals surface area contributed by atoms with E-state index in [1.807, 2.05) is 24.3 Å². The molecular formula is C20H20N4O3. The predicted molar refractivity (Wildman–Crippen MR) is 103 cm³/mol. The molecular weight excluding hydrogens is 344 g/mol. The molecule has 0 saturated carbocycles. The third-order valence-electron chi connectivity index (χ3n) is 3.95. The molecule has 0 unspecified atom stereocenters. The van der Waals surface area contributed by atoms with Crippen LogP contribution in [0.25, 0.3) is 10.9 Å². The minimum absolute atomic E-state index is 0.160. The number of aromatic nitrogens is 2. The summed E-state index contributed by atoms with van der Waals surface area (Å²) >= 11 is 0. The van der Waals surface area contributed by atoms with E-state index in [0.29, 0.717) is 29.9 Å². The van der Waals surface area contributed by atoms with Crippen LogP contribution in [0.5, 0.6) is 0 Å². The lowest BCUT2D eigenvalue weighted by atomic mass is 10.1. The zero-order valence-electron chi connectivity index (χ0n) is 14.9. The summed E-state index contributed by atoms with van der Waals surface area (Å²) in [6.07, 6.45) is 3.83. The van der Waals surface area contributed by atoms with Gasteiger partial charge in [0.1, 0.15) is 5.69 Å². The molecule has 0 radical (unpaired) electrons. The van der Waals surface area contributed by atoms with Crippen molar-refractivity contribution in [1.82, 2.24) is 15.3 Å². The van der Waals surface area contributed by atoms with Crippen LogP contribution in [0.15, 0.2) is 54.9 Å². The summed E-state index contributed by atoms with van der Waals surface area (Å²) in [5, 5.41) is 6.52. The van der Waals surface area contributed by atoms with Crippen LogP contribution in [0.1, 0.15) is 27.3 Å². The number of ether oxygens (including phenoxy) is 1. The van der Waals surface area contributed by atoms with Gasteiger partial charge in [0.05, 0.1) is 11.2 Å². The molecule has 0 aliphatic rings. The Kier molecular flexibility index (Phi) is 6.06. The Balaban J connectivity index is 1.72. The normalized spacial score (nSPS) is 10.6. The van der Waals surface area contributed by atoms with Gasteiger partial charge >= 0.3 is 0 Å². The molecule has 0 aliphatic carbocycles. The molecule has 0 bridgehead atoms. The number of fused-ring (bicyclic) bond motifs is 1. The molecule has 2 N–H and O–H groups in total. The molecule has 3 aromatic rings. The van der Waals surface area contributed by atoms with E-state index in [9.17, 15) is 9.59 Å².